The molecule has 0 aromatic rings. The molecule has 13 heavy (non-hydrogen) atoms. The zero-order valence-corrected chi connectivity index (χ0v) is 11.6. The molecule has 0 unspecified atom stereocenters. The lowest BCUT2D eigenvalue weighted by molar-refractivity contribution is -1.02. The van der Waals surface area contributed by atoms with E-state index in [4.69, 9.17) is 0 Å². The summed E-state index contributed by atoms with van der Waals surface area (Å²) in [6, 6.07) is 0. The molecule has 2 rings (SSSR count). The summed E-state index contributed by atoms with van der Waals surface area (Å²) in [7, 11) is 0. The van der Waals surface area contributed by atoms with Crippen molar-refractivity contribution in [1.82, 2.24) is 0 Å². The molecule has 2 fully saturated rings. The molecule has 5 heteroatoms. The van der Waals surface area contributed by atoms with E-state index in [0.29, 0.717) is 0 Å². The van der Waals surface area contributed by atoms with Crippen molar-refractivity contribution in [2.24, 2.45) is 0 Å². The number of nitrogens with one attached hydrogen (secondary N) is 1. The molecule has 2 atom stereocenters. The van der Waals surface area contributed by atoms with Crippen LogP contribution in [0.25, 0.3) is 0 Å². The van der Waals surface area contributed by atoms with Gasteiger partial charge in [0.05, 0.1) is 40.8 Å². The van der Waals surface area contributed by atoms with Crippen LogP contribution < -0.4 is 10.2 Å². The van der Waals surface area contributed by atoms with Gasteiger partial charge in [0, 0.05) is 18.2 Å². The van der Waals surface area contributed by atoms with Gasteiger partial charge in [-0.1, -0.05) is 15.9 Å². The van der Waals surface area contributed by atoms with Gasteiger partial charge in [0.2, 0.25) is 0 Å². The third kappa shape index (κ3) is 2.25. The molecule has 0 saturated carbocycles. The van der Waals surface area contributed by atoms with Gasteiger partial charge < -0.3 is 0 Å². The van der Waals surface area contributed by atoms with Crippen LogP contribution in [0.5, 0.6) is 0 Å². The van der Waals surface area contributed by atoms with Crippen LogP contribution in [0.2, 0.25) is 0 Å². The van der Waals surface area contributed by atoms with Gasteiger partial charge in [-0.2, -0.15) is 0 Å². The minimum Gasteiger partial charge on any atom is -0.275 e. The molecule has 2 heterocycles. The maximum atomic E-state index is 3.90. The highest BCUT2D eigenvalue weighted by Gasteiger charge is 2.50. The molecule has 2 aliphatic rings. The minimum atomic E-state index is 0.238. The highest BCUT2D eigenvalue weighted by atomic mass is 79.9. The fraction of sp³-hybridized carbons (Fsp3) is 1.00. The summed E-state index contributed by atoms with van der Waals surface area (Å²) >= 11 is 9.56. The Morgan fingerprint density at radius 3 is 2.69 bits per heavy atom. The van der Waals surface area contributed by atoms with Crippen LogP contribution >= 0.6 is 43.6 Å². The SMILES string of the molecule is BrC[C@H]1C[NH2+][C@@](Br)([NH+]2CCCC2)S1. The smallest absolute Gasteiger partial charge is 0.275 e. The quantitative estimate of drug-likeness (QED) is 0.528. The van der Waals surface area contributed by atoms with E-state index in [1.54, 1.807) is 4.90 Å². The first-order valence-corrected chi connectivity index (χ1v) is 7.66. The normalized spacial score (nSPS) is 41.5. The second-order valence-electron chi connectivity index (χ2n) is 3.79. The van der Waals surface area contributed by atoms with Gasteiger partial charge in [0.25, 0.3) is 0 Å². The van der Waals surface area contributed by atoms with Gasteiger partial charge >= 0.3 is 3.90 Å². The first kappa shape index (κ1) is 10.7. The number of nitrogens with two attached hydrogens (primary N) is 1. The van der Waals surface area contributed by atoms with E-state index in [1.807, 2.05) is 0 Å². The third-order valence-electron chi connectivity index (χ3n) is 2.84. The summed E-state index contributed by atoms with van der Waals surface area (Å²) in [6.45, 7) is 3.91. The molecular weight excluding hydrogens is 316 g/mol. The highest BCUT2D eigenvalue weighted by Crippen LogP contribution is 2.29. The van der Waals surface area contributed by atoms with E-state index in [1.165, 1.54) is 32.5 Å². The molecule has 0 aliphatic carbocycles. The fourth-order valence-corrected chi connectivity index (χ4v) is 5.43. The maximum Gasteiger partial charge on any atom is 0.325 e. The highest BCUT2D eigenvalue weighted by molar-refractivity contribution is 9.11. The number of hydrogen-bond acceptors (Lipinski definition) is 1. The monoisotopic (exact) mass is 330 g/mol. The summed E-state index contributed by atoms with van der Waals surface area (Å²) in [5, 5.41) is 4.35. The Morgan fingerprint density at radius 2 is 2.15 bits per heavy atom. The molecule has 2 nitrogen and oxygen atoms in total. The molecule has 2 saturated heterocycles. The minimum absolute atomic E-state index is 0.238. The van der Waals surface area contributed by atoms with E-state index >= 15 is 0 Å². The standard InChI is InChI=1S/C8H14Br2N2S/c9-5-7-6-11-8(10,13-7)12-3-1-2-4-12/h7,11H,1-6H2/p+2/t7-,8-/m0/s1. The van der Waals surface area contributed by atoms with Crippen molar-refractivity contribution in [2.75, 3.05) is 25.0 Å². The van der Waals surface area contributed by atoms with Gasteiger partial charge in [0.1, 0.15) is 0 Å². The van der Waals surface area contributed by atoms with Crippen molar-refractivity contribution in [1.29, 1.82) is 0 Å². The molecule has 0 bridgehead atoms. The topological polar surface area (TPSA) is 21.1 Å². The molecule has 0 amide bonds. The number of halogens is 2. The van der Waals surface area contributed by atoms with Crippen molar-refractivity contribution in [2.45, 2.75) is 22.0 Å². The van der Waals surface area contributed by atoms with Crippen LogP contribution in [0.4, 0.5) is 0 Å². The second-order valence-corrected chi connectivity index (χ2v) is 7.76. The molecule has 0 aromatic heterocycles. The lowest BCUT2D eigenvalue weighted by Gasteiger charge is -2.24. The first-order valence-electron chi connectivity index (χ1n) is 4.87. The summed E-state index contributed by atoms with van der Waals surface area (Å²) in [5.41, 5.74) is 0. The van der Waals surface area contributed by atoms with Crippen molar-refractivity contribution in [3.63, 3.8) is 0 Å². The molecule has 2 aliphatic heterocycles. The van der Waals surface area contributed by atoms with Crippen LogP contribution in [-0.2, 0) is 0 Å². The van der Waals surface area contributed by atoms with Crippen LogP contribution in [0.1, 0.15) is 12.8 Å². The van der Waals surface area contributed by atoms with E-state index in [2.05, 4.69) is 48.9 Å². The molecule has 76 valence electrons. The van der Waals surface area contributed by atoms with E-state index in [9.17, 15) is 0 Å². The number of thioether (sulfide) groups is 1. The predicted molar refractivity (Wildman–Crippen MR) is 63.6 cm³/mol. The Hall–Kier alpha value is 1.23. The Morgan fingerprint density at radius 1 is 1.46 bits per heavy atom. The molecular formula is C8H16Br2N2S+2. The Labute approximate surface area is 100 Å². The Balaban J connectivity index is 1.96. The van der Waals surface area contributed by atoms with E-state index in [0.717, 1.165) is 10.6 Å². The van der Waals surface area contributed by atoms with Crippen LogP contribution in [0, 0.1) is 0 Å². The van der Waals surface area contributed by atoms with Gasteiger partial charge in [-0.15, -0.1) is 0 Å². The number of likely N-dealkylation sites (tertiary alicyclic amines) is 1. The zero-order valence-electron chi connectivity index (χ0n) is 7.56. The zero-order chi connectivity index (χ0) is 9.31. The number of quaternary nitrogens is 2. The molecule has 0 spiro atoms. The lowest BCUT2D eigenvalue weighted by Crippen LogP contribution is -3.28. The lowest BCUT2D eigenvalue weighted by atomic mass is 10.4. The molecule has 3 N–H and O–H groups in total. The largest absolute Gasteiger partial charge is 0.325 e. The van der Waals surface area contributed by atoms with Gasteiger partial charge in [-0.25, -0.2) is 0 Å². The average molecular weight is 332 g/mol. The van der Waals surface area contributed by atoms with Crippen molar-refractivity contribution in [3.05, 3.63) is 0 Å². The Kier molecular flexibility index (Phi) is 3.63. The summed E-state index contributed by atoms with van der Waals surface area (Å²) < 4.78 is 0.238. The van der Waals surface area contributed by atoms with Crippen LogP contribution in [0.15, 0.2) is 0 Å². The van der Waals surface area contributed by atoms with E-state index < -0.39 is 0 Å². The summed E-state index contributed by atoms with van der Waals surface area (Å²) in [5.74, 6) is 0. The third-order valence-corrected chi connectivity index (χ3v) is 6.99. The maximum absolute atomic E-state index is 3.90. The van der Waals surface area contributed by atoms with Crippen molar-refractivity contribution >= 4 is 43.6 Å². The van der Waals surface area contributed by atoms with Gasteiger partial charge in [-0.05, 0) is 11.8 Å². The molecule has 0 aromatic carbocycles. The van der Waals surface area contributed by atoms with Crippen LogP contribution in [-0.4, -0.2) is 34.1 Å². The Bertz CT molecular complexity index is 187. The number of alkyl halides is 2. The fourth-order valence-electron chi connectivity index (χ4n) is 2.09. The second kappa shape index (κ2) is 4.39. The predicted octanol–water partition coefficient (Wildman–Crippen LogP) is -0.255. The van der Waals surface area contributed by atoms with Crippen LogP contribution in [0.3, 0.4) is 0 Å². The molecule has 0 radical (unpaired) electrons. The first-order chi connectivity index (χ1) is 6.24. The van der Waals surface area contributed by atoms with Gasteiger partial charge in [-0.3, -0.25) is 10.2 Å². The summed E-state index contributed by atoms with van der Waals surface area (Å²) in [4.78, 5) is 1.72. The number of rotatable bonds is 2. The van der Waals surface area contributed by atoms with Gasteiger partial charge in [0.15, 0.2) is 0 Å². The van der Waals surface area contributed by atoms with Crippen molar-refractivity contribution in [3.8, 4) is 0 Å². The average Bonchev–Trinajstić information content (AvgIpc) is 2.72. The summed E-state index contributed by atoms with van der Waals surface area (Å²) in [6.07, 6.45) is 2.80. The van der Waals surface area contributed by atoms with Crippen molar-refractivity contribution < 1.29 is 10.2 Å². The number of hydrogen-bond donors (Lipinski definition) is 2. The van der Waals surface area contributed by atoms with E-state index in [-0.39, 0.29) is 3.90 Å².